The third-order valence-electron chi connectivity index (χ3n) is 3.15. The summed E-state index contributed by atoms with van der Waals surface area (Å²) in [5.41, 5.74) is 2.07. The molecular weight excluding hydrogens is 226 g/mol. The van der Waals surface area contributed by atoms with Gasteiger partial charge in [-0.25, -0.2) is 0 Å². The quantitative estimate of drug-likeness (QED) is 0.739. The van der Waals surface area contributed by atoms with Crippen LogP contribution in [-0.4, -0.2) is 25.0 Å². The largest absolute Gasteiger partial charge is 0.325 e. The second kappa shape index (κ2) is 6.52. The number of carbonyl (C=O) groups excluding carboxylic acids is 1. The molecule has 0 saturated carbocycles. The number of rotatable bonds is 5. The van der Waals surface area contributed by atoms with Crippen LogP contribution in [0.1, 0.15) is 25.3 Å². The lowest BCUT2D eigenvalue weighted by Gasteiger charge is -2.12. The van der Waals surface area contributed by atoms with Crippen molar-refractivity contribution < 1.29 is 4.79 Å². The Hall–Kier alpha value is -1.39. The molecule has 1 amide bonds. The Balaban J connectivity index is 1.93. The molecule has 4 nitrogen and oxygen atoms in total. The molecule has 18 heavy (non-hydrogen) atoms. The zero-order valence-electron chi connectivity index (χ0n) is 10.8. The molecule has 98 valence electrons. The van der Waals surface area contributed by atoms with E-state index in [1.807, 2.05) is 18.2 Å². The average molecular weight is 247 g/mol. The van der Waals surface area contributed by atoms with Crippen molar-refractivity contribution in [3.63, 3.8) is 0 Å². The van der Waals surface area contributed by atoms with E-state index in [0.29, 0.717) is 0 Å². The first kappa shape index (κ1) is 13.1. The first-order valence-electron chi connectivity index (χ1n) is 6.63. The van der Waals surface area contributed by atoms with Crippen LogP contribution in [0.5, 0.6) is 0 Å². The van der Waals surface area contributed by atoms with Gasteiger partial charge in [0.2, 0.25) is 5.91 Å². The van der Waals surface area contributed by atoms with Gasteiger partial charge in [-0.05, 0) is 43.6 Å². The van der Waals surface area contributed by atoms with E-state index in [4.69, 9.17) is 0 Å². The van der Waals surface area contributed by atoms with E-state index < -0.39 is 0 Å². The van der Waals surface area contributed by atoms with Crippen molar-refractivity contribution >= 4 is 11.6 Å². The summed E-state index contributed by atoms with van der Waals surface area (Å²) < 4.78 is 0. The molecule has 0 radical (unpaired) electrons. The topological polar surface area (TPSA) is 53.2 Å². The van der Waals surface area contributed by atoms with Gasteiger partial charge < -0.3 is 16.0 Å². The molecule has 1 aliphatic heterocycles. The van der Waals surface area contributed by atoms with Gasteiger partial charge in [0.25, 0.3) is 0 Å². The highest BCUT2D eigenvalue weighted by molar-refractivity contribution is 5.95. The Morgan fingerprint density at radius 3 is 3.11 bits per heavy atom. The summed E-state index contributed by atoms with van der Waals surface area (Å²) in [6, 6.07) is 7.97. The number of hydrogen-bond donors (Lipinski definition) is 3. The monoisotopic (exact) mass is 247 g/mol. The second-order valence-corrected chi connectivity index (χ2v) is 4.62. The Bertz CT molecular complexity index is 400. The van der Waals surface area contributed by atoms with Gasteiger partial charge in [0, 0.05) is 12.2 Å². The lowest BCUT2D eigenvalue weighted by Crippen LogP contribution is -2.35. The minimum Gasteiger partial charge on any atom is -0.325 e. The van der Waals surface area contributed by atoms with E-state index >= 15 is 0 Å². The summed E-state index contributed by atoms with van der Waals surface area (Å²) in [6.07, 6.45) is 2.02. The summed E-state index contributed by atoms with van der Waals surface area (Å²) in [5, 5.41) is 9.45. The van der Waals surface area contributed by atoms with Crippen LogP contribution in [0.25, 0.3) is 0 Å². The van der Waals surface area contributed by atoms with Crippen LogP contribution in [0.3, 0.4) is 0 Å². The molecule has 1 aromatic rings. The highest BCUT2D eigenvalue weighted by Crippen LogP contribution is 2.13. The second-order valence-electron chi connectivity index (χ2n) is 4.62. The predicted octanol–water partition coefficient (Wildman–Crippen LogP) is 1.49. The molecule has 0 spiro atoms. The SMILES string of the molecule is CCNCc1cccc(NC(=O)C2CCCN2)c1. The lowest BCUT2D eigenvalue weighted by atomic mass is 10.1. The van der Waals surface area contributed by atoms with Crippen LogP contribution in [0.2, 0.25) is 0 Å². The van der Waals surface area contributed by atoms with Gasteiger partial charge >= 0.3 is 0 Å². The molecule has 2 rings (SSSR count). The molecule has 1 saturated heterocycles. The Labute approximate surface area is 108 Å². The number of benzene rings is 1. The molecule has 1 fully saturated rings. The van der Waals surface area contributed by atoms with Gasteiger partial charge in [0.1, 0.15) is 0 Å². The minimum absolute atomic E-state index is 0.0255. The number of hydrogen-bond acceptors (Lipinski definition) is 3. The highest BCUT2D eigenvalue weighted by Gasteiger charge is 2.21. The van der Waals surface area contributed by atoms with Crippen molar-refractivity contribution in [2.75, 3.05) is 18.4 Å². The van der Waals surface area contributed by atoms with Crippen LogP contribution < -0.4 is 16.0 Å². The van der Waals surface area contributed by atoms with Gasteiger partial charge in [-0.2, -0.15) is 0 Å². The van der Waals surface area contributed by atoms with Crippen LogP contribution in [0.15, 0.2) is 24.3 Å². The first-order valence-corrected chi connectivity index (χ1v) is 6.63. The summed E-state index contributed by atoms with van der Waals surface area (Å²) in [4.78, 5) is 12.0. The van der Waals surface area contributed by atoms with E-state index in [9.17, 15) is 4.79 Å². The molecule has 0 aliphatic carbocycles. The molecule has 1 aliphatic rings. The highest BCUT2D eigenvalue weighted by atomic mass is 16.2. The normalized spacial score (nSPS) is 18.8. The summed E-state index contributed by atoms with van der Waals surface area (Å²) in [7, 11) is 0. The van der Waals surface area contributed by atoms with Crippen molar-refractivity contribution in [2.24, 2.45) is 0 Å². The fourth-order valence-electron chi connectivity index (χ4n) is 2.17. The number of amides is 1. The molecule has 1 aromatic carbocycles. The van der Waals surface area contributed by atoms with Crippen LogP contribution in [-0.2, 0) is 11.3 Å². The molecular formula is C14H21N3O. The summed E-state index contributed by atoms with van der Waals surface area (Å²) >= 11 is 0. The van der Waals surface area contributed by atoms with E-state index in [2.05, 4.69) is 28.9 Å². The van der Waals surface area contributed by atoms with E-state index in [0.717, 1.165) is 38.2 Å². The number of anilines is 1. The Morgan fingerprint density at radius 1 is 1.50 bits per heavy atom. The zero-order valence-corrected chi connectivity index (χ0v) is 10.8. The number of nitrogens with one attached hydrogen (secondary N) is 3. The van der Waals surface area contributed by atoms with Crippen molar-refractivity contribution in [3.8, 4) is 0 Å². The van der Waals surface area contributed by atoms with Crippen molar-refractivity contribution in [2.45, 2.75) is 32.4 Å². The van der Waals surface area contributed by atoms with Gasteiger partial charge in [-0.3, -0.25) is 4.79 Å². The van der Waals surface area contributed by atoms with Crippen molar-refractivity contribution in [1.82, 2.24) is 10.6 Å². The summed E-state index contributed by atoms with van der Waals surface area (Å²) in [5.74, 6) is 0.0769. The van der Waals surface area contributed by atoms with E-state index in [1.54, 1.807) is 0 Å². The zero-order chi connectivity index (χ0) is 12.8. The molecule has 0 bridgehead atoms. The smallest absolute Gasteiger partial charge is 0.241 e. The molecule has 3 N–H and O–H groups in total. The molecule has 1 unspecified atom stereocenters. The van der Waals surface area contributed by atoms with Gasteiger partial charge in [-0.1, -0.05) is 19.1 Å². The standard InChI is InChI=1S/C14H21N3O/c1-2-15-10-11-5-3-6-12(9-11)17-14(18)13-7-4-8-16-13/h3,5-6,9,13,15-16H,2,4,7-8,10H2,1H3,(H,17,18). The predicted molar refractivity (Wildman–Crippen MR) is 73.5 cm³/mol. The molecule has 1 atom stereocenters. The first-order chi connectivity index (χ1) is 8.79. The van der Waals surface area contributed by atoms with Crippen molar-refractivity contribution in [3.05, 3.63) is 29.8 Å². The lowest BCUT2D eigenvalue weighted by molar-refractivity contribution is -0.117. The fraction of sp³-hybridized carbons (Fsp3) is 0.500. The maximum absolute atomic E-state index is 12.0. The van der Waals surface area contributed by atoms with Gasteiger partial charge in [0.05, 0.1) is 6.04 Å². The van der Waals surface area contributed by atoms with Crippen LogP contribution in [0, 0.1) is 0 Å². The third kappa shape index (κ3) is 3.55. The molecule has 0 aromatic heterocycles. The summed E-state index contributed by atoms with van der Waals surface area (Å²) in [6.45, 7) is 4.81. The van der Waals surface area contributed by atoms with Crippen LogP contribution in [0.4, 0.5) is 5.69 Å². The molecule has 4 heteroatoms. The van der Waals surface area contributed by atoms with E-state index in [1.165, 1.54) is 5.56 Å². The van der Waals surface area contributed by atoms with Crippen molar-refractivity contribution in [1.29, 1.82) is 0 Å². The maximum Gasteiger partial charge on any atom is 0.241 e. The molecule has 1 heterocycles. The average Bonchev–Trinajstić information content (AvgIpc) is 2.91. The Kier molecular flexibility index (Phi) is 4.73. The van der Waals surface area contributed by atoms with Crippen LogP contribution >= 0.6 is 0 Å². The third-order valence-corrected chi connectivity index (χ3v) is 3.15. The Morgan fingerprint density at radius 2 is 2.39 bits per heavy atom. The number of carbonyl (C=O) groups is 1. The van der Waals surface area contributed by atoms with Gasteiger partial charge in [-0.15, -0.1) is 0 Å². The minimum atomic E-state index is -0.0255. The van der Waals surface area contributed by atoms with Gasteiger partial charge in [0.15, 0.2) is 0 Å². The fourth-order valence-corrected chi connectivity index (χ4v) is 2.17. The van der Waals surface area contributed by atoms with E-state index in [-0.39, 0.29) is 11.9 Å². The maximum atomic E-state index is 12.0.